The number of hydroxylamine groups is 6. The summed E-state index contributed by atoms with van der Waals surface area (Å²) in [5.41, 5.74) is 5.64. The number of quaternary nitrogens is 2. The summed E-state index contributed by atoms with van der Waals surface area (Å²) in [6, 6.07) is 0. The topological polar surface area (TPSA) is 104 Å². The second-order valence-electron chi connectivity index (χ2n) is 11.5. The normalized spacial score (nSPS) is 23.8. The Morgan fingerprint density at radius 2 is 1.16 bits per heavy atom. The number of likely N-dealkylation sites (N-methyl/N-ethyl adjacent to an activating group) is 2. The number of hydrogen-bond donors (Lipinski definition) is 0. The van der Waals surface area contributed by atoms with Crippen molar-refractivity contribution in [2.75, 3.05) is 40.3 Å². The summed E-state index contributed by atoms with van der Waals surface area (Å²) < 4.78 is 17.9. The third-order valence-corrected chi connectivity index (χ3v) is 7.83. The van der Waals surface area contributed by atoms with Crippen molar-refractivity contribution in [3.8, 4) is 0 Å². The first-order valence-electron chi connectivity index (χ1n) is 13.1. The highest BCUT2D eigenvalue weighted by Crippen LogP contribution is 2.30. The number of carbonyl (C=O) groups is 2. The Hall–Kier alpha value is -2.54. The number of rotatable bonds is 8. The van der Waals surface area contributed by atoms with E-state index in [2.05, 4.69) is 57.3 Å². The minimum Gasteiger partial charge on any atom is -0.263 e. The van der Waals surface area contributed by atoms with Gasteiger partial charge in [0.05, 0.1) is 34.8 Å². The summed E-state index contributed by atoms with van der Waals surface area (Å²) in [4.78, 5) is 37.3. The van der Waals surface area contributed by atoms with Gasteiger partial charge in [-0.25, -0.2) is 9.59 Å². The van der Waals surface area contributed by atoms with E-state index in [0.717, 1.165) is 46.8 Å². The first-order valence-corrected chi connectivity index (χ1v) is 14.6. The van der Waals surface area contributed by atoms with Crippen LogP contribution < -0.4 is 0 Å². The molecule has 0 aliphatic carbocycles. The van der Waals surface area contributed by atoms with E-state index in [4.69, 9.17) is 9.68 Å². The van der Waals surface area contributed by atoms with Gasteiger partial charge in [0.1, 0.15) is 51.7 Å². The molecule has 2 aliphatic heterocycles. The minimum atomic E-state index is -0.987. The molecule has 2 aromatic heterocycles. The van der Waals surface area contributed by atoms with Gasteiger partial charge in [-0.15, -0.1) is 9.29 Å². The van der Waals surface area contributed by atoms with Crippen molar-refractivity contribution < 1.29 is 28.6 Å². The molecule has 2 unspecified atom stereocenters. The lowest BCUT2D eigenvalue weighted by Crippen LogP contribution is -2.53. The standard InChI is InChI=1S/C26H38N6O4S2/c1-17(2)13-21-23(29-37-27-21)19-9-7-11-31(5,15-19)35-25(33)26(34)36-32(6)12-8-10-20(16-32)24-22(14-18(3)4)28-38-30-24/h9-10,17-18H,7-8,11-16H2,1-6H3/q+2. The third-order valence-electron chi connectivity index (χ3n) is 6.69. The van der Waals surface area contributed by atoms with E-state index >= 15 is 0 Å². The molecule has 38 heavy (non-hydrogen) atoms. The zero-order chi connectivity index (χ0) is 27.5. The van der Waals surface area contributed by atoms with Crippen molar-refractivity contribution in [3.63, 3.8) is 0 Å². The van der Waals surface area contributed by atoms with Gasteiger partial charge in [-0.2, -0.15) is 17.5 Å². The van der Waals surface area contributed by atoms with Crippen molar-refractivity contribution in [2.45, 2.75) is 53.4 Å². The van der Waals surface area contributed by atoms with Gasteiger partial charge < -0.3 is 0 Å². The van der Waals surface area contributed by atoms with Gasteiger partial charge in [0.15, 0.2) is 0 Å². The zero-order valence-corrected chi connectivity index (χ0v) is 24.7. The molecular formula is C26H38N6O4S2+2. The molecule has 2 aliphatic rings. The molecule has 0 saturated carbocycles. The SMILES string of the molecule is CC(C)Cc1nsnc1C1=CCC[N+](C)(OC(=O)C(=O)O[N+]2(C)CCC=C(c3nsnc3CC(C)C)C2)C1. The van der Waals surface area contributed by atoms with E-state index in [1.165, 1.54) is 23.5 Å². The Morgan fingerprint density at radius 1 is 0.763 bits per heavy atom. The van der Waals surface area contributed by atoms with Crippen LogP contribution in [0.3, 0.4) is 0 Å². The highest BCUT2D eigenvalue weighted by Gasteiger charge is 2.41. The molecule has 10 nitrogen and oxygen atoms in total. The summed E-state index contributed by atoms with van der Waals surface area (Å²) in [5.74, 6) is -1.06. The summed E-state index contributed by atoms with van der Waals surface area (Å²) in [6.07, 6.45) is 7.33. The summed E-state index contributed by atoms with van der Waals surface area (Å²) in [6.45, 7) is 10.6. The Kier molecular flexibility index (Phi) is 8.75. The van der Waals surface area contributed by atoms with E-state index in [1.807, 2.05) is 14.1 Å². The fourth-order valence-corrected chi connectivity index (χ4v) is 6.16. The fraction of sp³-hybridized carbons (Fsp3) is 0.615. The molecule has 0 N–H and O–H groups in total. The van der Waals surface area contributed by atoms with Crippen molar-refractivity contribution in [3.05, 3.63) is 34.9 Å². The monoisotopic (exact) mass is 562 g/mol. The van der Waals surface area contributed by atoms with Gasteiger partial charge in [0.2, 0.25) is 0 Å². The average Bonchev–Trinajstić information content (AvgIpc) is 3.47. The van der Waals surface area contributed by atoms with E-state index in [1.54, 1.807) is 0 Å². The highest BCUT2D eigenvalue weighted by atomic mass is 32.1. The lowest BCUT2D eigenvalue weighted by Gasteiger charge is -2.35. The lowest BCUT2D eigenvalue weighted by molar-refractivity contribution is -1.07. The predicted molar refractivity (Wildman–Crippen MR) is 146 cm³/mol. The molecular weight excluding hydrogens is 524 g/mol. The predicted octanol–water partition coefficient (Wildman–Crippen LogP) is 3.87. The molecule has 12 heteroatoms. The van der Waals surface area contributed by atoms with E-state index < -0.39 is 11.9 Å². The van der Waals surface area contributed by atoms with Crippen LogP contribution in [0.5, 0.6) is 0 Å². The number of aromatic nitrogens is 4. The van der Waals surface area contributed by atoms with Crippen molar-refractivity contribution >= 4 is 46.5 Å². The summed E-state index contributed by atoms with van der Waals surface area (Å²) in [7, 11) is 3.62. The van der Waals surface area contributed by atoms with Gasteiger partial charge in [0.25, 0.3) is 0 Å². The van der Waals surface area contributed by atoms with Crippen molar-refractivity contribution in [1.82, 2.24) is 17.5 Å². The van der Waals surface area contributed by atoms with Crippen LogP contribution in [0.2, 0.25) is 0 Å². The molecule has 0 spiro atoms. The third kappa shape index (κ3) is 6.90. The van der Waals surface area contributed by atoms with Crippen LogP contribution in [0.4, 0.5) is 0 Å². The molecule has 0 amide bonds. The Balaban J connectivity index is 1.39. The Bertz CT molecular complexity index is 1140. The molecule has 0 radical (unpaired) electrons. The lowest BCUT2D eigenvalue weighted by atomic mass is 10.0. The maximum Gasteiger partial charge on any atom is 0.480 e. The highest BCUT2D eigenvalue weighted by molar-refractivity contribution is 6.99. The van der Waals surface area contributed by atoms with Gasteiger partial charge in [-0.3, -0.25) is 9.68 Å². The molecule has 0 saturated heterocycles. The second-order valence-corrected chi connectivity index (χ2v) is 12.5. The van der Waals surface area contributed by atoms with Gasteiger partial charge in [0, 0.05) is 24.0 Å². The molecule has 4 heterocycles. The van der Waals surface area contributed by atoms with Crippen LogP contribution in [0.25, 0.3) is 11.1 Å². The molecule has 2 aromatic rings. The van der Waals surface area contributed by atoms with Crippen LogP contribution in [0.15, 0.2) is 12.2 Å². The van der Waals surface area contributed by atoms with Crippen LogP contribution in [0.1, 0.15) is 63.3 Å². The quantitative estimate of drug-likeness (QED) is 0.353. The minimum absolute atomic E-state index is 0.0453. The van der Waals surface area contributed by atoms with Crippen LogP contribution in [0, 0.1) is 11.8 Å². The maximum atomic E-state index is 12.9. The Labute approximate surface area is 232 Å². The summed E-state index contributed by atoms with van der Waals surface area (Å²) in [5, 5.41) is 0. The molecule has 2 atom stereocenters. The zero-order valence-electron chi connectivity index (χ0n) is 23.1. The molecule has 4 rings (SSSR count). The molecule has 206 valence electrons. The smallest absolute Gasteiger partial charge is 0.263 e. The van der Waals surface area contributed by atoms with E-state index in [9.17, 15) is 9.59 Å². The van der Waals surface area contributed by atoms with Gasteiger partial charge >= 0.3 is 11.9 Å². The molecule has 0 fully saturated rings. The fourth-order valence-electron chi connectivity index (χ4n) is 4.95. The van der Waals surface area contributed by atoms with Gasteiger partial charge in [-0.05, 0) is 24.7 Å². The molecule has 0 aromatic carbocycles. The van der Waals surface area contributed by atoms with Crippen LogP contribution in [-0.2, 0) is 32.1 Å². The van der Waals surface area contributed by atoms with Crippen molar-refractivity contribution in [2.24, 2.45) is 11.8 Å². The first kappa shape index (κ1) is 28.5. The van der Waals surface area contributed by atoms with E-state index in [-0.39, 0.29) is 9.29 Å². The van der Waals surface area contributed by atoms with Gasteiger partial charge in [-0.1, -0.05) is 39.8 Å². The Morgan fingerprint density at radius 3 is 1.53 bits per heavy atom. The summed E-state index contributed by atoms with van der Waals surface area (Å²) >= 11 is 2.40. The largest absolute Gasteiger partial charge is 0.480 e. The van der Waals surface area contributed by atoms with Crippen LogP contribution in [-0.4, -0.2) is 79.0 Å². The van der Waals surface area contributed by atoms with Crippen molar-refractivity contribution in [1.29, 1.82) is 0 Å². The second kappa shape index (κ2) is 11.7. The number of hydrogen-bond acceptors (Lipinski definition) is 10. The molecule has 0 bridgehead atoms. The maximum absolute atomic E-state index is 12.9. The average molecular weight is 563 g/mol. The van der Waals surface area contributed by atoms with E-state index in [0.29, 0.717) is 50.9 Å². The van der Waals surface area contributed by atoms with Crippen LogP contribution >= 0.6 is 23.5 Å². The number of nitrogens with zero attached hydrogens (tertiary/aromatic N) is 6. The number of carbonyl (C=O) groups excluding carboxylic acids is 2. The first-order chi connectivity index (χ1) is 18.0.